The molecule has 0 aromatic heterocycles. The van der Waals surface area contributed by atoms with Gasteiger partial charge in [0.25, 0.3) is 0 Å². The van der Waals surface area contributed by atoms with Gasteiger partial charge in [0.05, 0.1) is 0 Å². The average molecular weight is 212 g/mol. The first-order valence-corrected chi connectivity index (χ1v) is 4.05. The molecule has 0 aliphatic carbocycles. The van der Waals surface area contributed by atoms with Crippen molar-refractivity contribution in [1.29, 1.82) is 10.5 Å². The van der Waals surface area contributed by atoms with Crippen LogP contribution in [0.5, 0.6) is 0 Å². The molecule has 8 nitrogen and oxygen atoms in total. The molecule has 0 bridgehead atoms. The molecule has 0 rings (SSSR count). The van der Waals surface area contributed by atoms with Gasteiger partial charge in [-0.3, -0.25) is 20.2 Å². The third kappa shape index (κ3) is 2.88. The number of nitriles is 2. The standard InChI is InChI=1S/C7H8N4O4/c1-2-5(6(3-8)10(12)13)7(4-9)11(14)15/h5-7H,2H2,1H3/t6-,7-/m0/s1. The van der Waals surface area contributed by atoms with E-state index >= 15 is 0 Å². The molecule has 80 valence electrons. The fourth-order valence-electron chi connectivity index (χ4n) is 1.22. The molecule has 0 aromatic carbocycles. The van der Waals surface area contributed by atoms with E-state index in [-0.39, 0.29) is 6.42 Å². The third-order valence-electron chi connectivity index (χ3n) is 2.00. The van der Waals surface area contributed by atoms with E-state index in [1.54, 1.807) is 0 Å². The fraction of sp³-hybridized carbons (Fsp3) is 0.714. The first kappa shape index (κ1) is 12.8. The smallest absolute Gasteiger partial charge is 0.263 e. The summed E-state index contributed by atoms with van der Waals surface area (Å²) in [4.78, 5) is 19.0. The summed E-state index contributed by atoms with van der Waals surface area (Å²) < 4.78 is 0. The molecule has 0 aromatic rings. The second kappa shape index (κ2) is 5.50. The highest BCUT2D eigenvalue weighted by Crippen LogP contribution is 2.17. The van der Waals surface area contributed by atoms with Gasteiger partial charge in [0.15, 0.2) is 0 Å². The first-order chi connectivity index (χ1) is 6.99. The van der Waals surface area contributed by atoms with Crippen molar-refractivity contribution < 1.29 is 9.85 Å². The van der Waals surface area contributed by atoms with Crippen molar-refractivity contribution in [3.05, 3.63) is 20.2 Å². The summed E-state index contributed by atoms with van der Waals surface area (Å²) in [6.45, 7) is 1.46. The summed E-state index contributed by atoms with van der Waals surface area (Å²) in [6, 6.07) is -0.700. The largest absolute Gasteiger partial charge is 0.307 e. The second-order valence-corrected chi connectivity index (χ2v) is 2.79. The topological polar surface area (TPSA) is 134 Å². The Bertz CT molecular complexity index is 310. The Balaban J connectivity index is 5.06. The van der Waals surface area contributed by atoms with Crippen molar-refractivity contribution in [1.82, 2.24) is 0 Å². The SMILES string of the molecule is CCC([C@H](C#N)[N+](=O)[O-])[C@H](C#N)[N+](=O)[O-]. The van der Waals surface area contributed by atoms with Gasteiger partial charge in [-0.25, -0.2) is 0 Å². The average Bonchev–Trinajstić information content (AvgIpc) is 2.16. The van der Waals surface area contributed by atoms with Gasteiger partial charge in [0.1, 0.15) is 18.1 Å². The van der Waals surface area contributed by atoms with Crippen LogP contribution in [0.15, 0.2) is 0 Å². The summed E-state index contributed by atoms with van der Waals surface area (Å²) in [7, 11) is 0. The van der Waals surface area contributed by atoms with Crippen LogP contribution < -0.4 is 0 Å². The van der Waals surface area contributed by atoms with E-state index in [2.05, 4.69) is 0 Å². The van der Waals surface area contributed by atoms with Crippen LogP contribution in [0.2, 0.25) is 0 Å². The zero-order valence-electron chi connectivity index (χ0n) is 7.86. The zero-order chi connectivity index (χ0) is 12.0. The molecular formula is C7H8N4O4. The lowest BCUT2D eigenvalue weighted by Crippen LogP contribution is -2.39. The number of rotatable bonds is 5. The maximum absolute atomic E-state index is 10.4. The number of nitro groups is 2. The third-order valence-corrected chi connectivity index (χ3v) is 2.00. The maximum Gasteiger partial charge on any atom is 0.307 e. The summed E-state index contributed by atoms with van der Waals surface area (Å²) in [5.74, 6) is -1.19. The molecule has 0 heterocycles. The minimum absolute atomic E-state index is 0.0262. The quantitative estimate of drug-likeness (QED) is 0.476. The van der Waals surface area contributed by atoms with Crippen molar-refractivity contribution in [2.75, 3.05) is 0 Å². The van der Waals surface area contributed by atoms with E-state index < -0.39 is 27.8 Å². The normalized spacial score (nSPS) is 13.6. The monoisotopic (exact) mass is 212 g/mol. The van der Waals surface area contributed by atoms with Crippen LogP contribution in [0.1, 0.15) is 13.3 Å². The number of hydrogen-bond donors (Lipinski definition) is 0. The molecule has 2 atom stereocenters. The molecular weight excluding hydrogens is 204 g/mol. The Kier molecular flexibility index (Phi) is 4.68. The molecule has 0 radical (unpaired) electrons. The molecule has 15 heavy (non-hydrogen) atoms. The van der Waals surface area contributed by atoms with Gasteiger partial charge in [-0.2, -0.15) is 10.5 Å². The van der Waals surface area contributed by atoms with Crippen molar-refractivity contribution >= 4 is 0 Å². The van der Waals surface area contributed by atoms with Crippen LogP contribution in [0.4, 0.5) is 0 Å². The molecule has 8 heteroatoms. The number of nitrogens with zero attached hydrogens (tertiary/aromatic N) is 4. The summed E-state index contributed by atoms with van der Waals surface area (Å²) in [5, 5.41) is 37.9. The predicted octanol–water partition coefficient (Wildman–Crippen LogP) is 0.350. The predicted molar refractivity (Wildman–Crippen MR) is 46.6 cm³/mol. The van der Waals surface area contributed by atoms with Gasteiger partial charge in [-0.15, -0.1) is 0 Å². The van der Waals surface area contributed by atoms with Crippen LogP contribution in [0.3, 0.4) is 0 Å². The van der Waals surface area contributed by atoms with Crippen molar-refractivity contribution in [2.24, 2.45) is 5.92 Å². The van der Waals surface area contributed by atoms with E-state index in [1.807, 2.05) is 0 Å². The maximum atomic E-state index is 10.4. The lowest BCUT2D eigenvalue weighted by Gasteiger charge is -2.13. The van der Waals surface area contributed by atoms with E-state index in [4.69, 9.17) is 10.5 Å². The van der Waals surface area contributed by atoms with Gasteiger partial charge in [0.2, 0.25) is 0 Å². The van der Waals surface area contributed by atoms with E-state index in [0.717, 1.165) is 0 Å². The second-order valence-electron chi connectivity index (χ2n) is 2.79. The molecule has 0 saturated carbocycles. The molecule has 0 N–H and O–H groups in total. The summed E-state index contributed by atoms with van der Waals surface area (Å²) in [5.41, 5.74) is 0. The summed E-state index contributed by atoms with van der Waals surface area (Å²) >= 11 is 0. The molecule has 0 aliphatic rings. The Morgan fingerprint density at radius 3 is 1.60 bits per heavy atom. The van der Waals surface area contributed by atoms with Crippen LogP contribution in [-0.4, -0.2) is 21.9 Å². The zero-order valence-corrected chi connectivity index (χ0v) is 7.86. The first-order valence-electron chi connectivity index (χ1n) is 4.05. The van der Waals surface area contributed by atoms with Crippen LogP contribution in [0.25, 0.3) is 0 Å². The lowest BCUT2D eigenvalue weighted by atomic mass is 9.91. The van der Waals surface area contributed by atoms with E-state index in [0.29, 0.717) is 0 Å². The Morgan fingerprint density at radius 1 is 1.13 bits per heavy atom. The minimum atomic E-state index is -1.72. The van der Waals surface area contributed by atoms with E-state index in [1.165, 1.54) is 19.1 Å². The highest BCUT2D eigenvalue weighted by Gasteiger charge is 2.43. The fourth-order valence-corrected chi connectivity index (χ4v) is 1.22. The van der Waals surface area contributed by atoms with Crippen LogP contribution in [0, 0.1) is 48.8 Å². The minimum Gasteiger partial charge on any atom is -0.263 e. The molecule has 0 amide bonds. The Hall–Kier alpha value is -2.22. The van der Waals surface area contributed by atoms with Crippen molar-refractivity contribution in [3.63, 3.8) is 0 Å². The van der Waals surface area contributed by atoms with E-state index in [9.17, 15) is 20.2 Å². The number of hydrogen-bond acceptors (Lipinski definition) is 6. The van der Waals surface area contributed by atoms with Gasteiger partial charge in [-0.05, 0) is 6.42 Å². The van der Waals surface area contributed by atoms with Crippen molar-refractivity contribution in [3.8, 4) is 12.1 Å². The van der Waals surface area contributed by atoms with Gasteiger partial charge >= 0.3 is 12.1 Å². The Labute approximate surface area is 85.0 Å². The summed E-state index contributed by atoms with van der Waals surface area (Å²) in [6.07, 6.45) is 0.0262. The van der Waals surface area contributed by atoms with Crippen molar-refractivity contribution in [2.45, 2.75) is 25.4 Å². The van der Waals surface area contributed by atoms with Crippen LogP contribution in [-0.2, 0) is 0 Å². The molecule has 0 unspecified atom stereocenters. The molecule has 0 spiro atoms. The van der Waals surface area contributed by atoms with Gasteiger partial charge in [-0.1, -0.05) is 6.92 Å². The van der Waals surface area contributed by atoms with Crippen LogP contribution >= 0.6 is 0 Å². The van der Waals surface area contributed by atoms with Gasteiger partial charge in [0, 0.05) is 9.85 Å². The Morgan fingerprint density at radius 2 is 1.47 bits per heavy atom. The molecule has 0 aliphatic heterocycles. The molecule has 0 saturated heterocycles. The highest BCUT2D eigenvalue weighted by molar-refractivity contribution is 4.98. The van der Waals surface area contributed by atoms with Gasteiger partial charge < -0.3 is 0 Å². The lowest BCUT2D eigenvalue weighted by molar-refractivity contribution is -0.557. The highest BCUT2D eigenvalue weighted by atomic mass is 16.6. The molecule has 0 fully saturated rings.